The van der Waals surface area contributed by atoms with Crippen LogP contribution in [-0.2, 0) is 9.59 Å². The summed E-state index contributed by atoms with van der Waals surface area (Å²) in [6.45, 7) is -0.115. The van der Waals surface area contributed by atoms with Crippen LogP contribution in [0.1, 0.15) is 0 Å². The van der Waals surface area contributed by atoms with E-state index >= 15 is 0 Å². The van der Waals surface area contributed by atoms with Gasteiger partial charge >= 0.3 is 0 Å². The van der Waals surface area contributed by atoms with Gasteiger partial charge in [0.2, 0.25) is 11.8 Å². The van der Waals surface area contributed by atoms with Crippen molar-refractivity contribution in [3.8, 4) is 0 Å². The molecule has 0 fully saturated rings. The lowest BCUT2D eigenvalue weighted by Gasteiger charge is -2.16. The number of nitrogens with two attached hydrogens (primary N) is 1. The van der Waals surface area contributed by atoms with Crippen LogP contribution in [-0.4, -0.2) is 36.9 Å². The summed E-state index contributed by atoms with van der Waals surface area (Å²) in [6.07, 6.45) is 0. The summed E-state index contributed by atoms with van der Waals surface area (Å²) in [6, 6.07) is 7.26. The topological polar surface area (TPSA) is 75.4 Å². The molecule has 0 saturated carbocycles. The molecule has 0 unspecified atom stereocenters. The van der Waals surface area contributed by atoms with E-state index in [1.54, 1.807) is 6.07 Å². The summed E-state index contributed by atoms with van der Waals surface area (Å²) in [5.74, 6) is -0.534. The van der Waals surface area contributed by atoms with E-state index in [0.717, 1.165) is 4.47 Å². The van der Waals surface area contributed by atoms with Crippen molar-refractivity contribution in [1.82, 2.24) is 4.90 Å². The third kappa shape index (κ3) is 5.03. The first-order valence-electron chi connectivity index (χ1n) is 5.03. The van der Waals surface area contributed by atoms with Crippen LogP contribution in [0.4, 0.5) is 5.69 Å². The molecule has 0 atom stereocenters. The van der Waals surface area contributed by atoms with E-state index in [1.165, 1.54) is 11.9 Å². The Bertz CT molecular complexity index is 429. The quantitative estimate of drug-likeness (QED) is 0.868. The van der Waals surface area contributed by atoms with Crippen molar-refractivity contribution in [3.63, 3.8) is 0 Å². The predicted octanol–water partition coefficient (Wildman–Crippen LogP) is 1.23. The van der Waals surface area contributed by atoms with Crippen molar-refractivity contribution in [3.05, 3.63) is 28.7 Å². The van der Waals surface area contributed by atoms with Gasteiger partial charge in [0.15, 0.2) is 0 Å². The highest BCUT2D eigenvalue weighted by molar-refractivity contribution is 9.10. The third-order valence-corrected chi connectivity index (χ3v) is 2.82. The fourth-order valence-corrected chi connectivity index (χ4v) is 1.60. The Kier molecular flexibility index (Phi) is 7.58. The minimum atomic E-state index is -0.271. The first kappa shape index (κ1) is 16.9. The molecule has 1 aromatic carbocycles. The Labute approximate surface area is 120 Å². The first-order valence-corrected chi connectivity index (χ1v) is 5.82. The Hall–Kier alpha value is -1.11. The van der Waals surface area contributed by atoms with Crippen LogP contribution in [0.15, 0.2) is 28.7 Å². The zero-order valence-electron chi connectivity index (χ0n) is 9.85. The molecule has 0 aromatic heterocycles. The van der Waals surface area contributed by atoms with Gasteiger partial charge in [-0.25, -0.2) is 0 Å². The van der Waals surface area contributed by atoms with Gasteiger partial charge < -0.3 is 16.0 Å². The van der Waals surface area contributed by atoms with Crippen molar-refractivity contribution in [1.29, 1.82) is 0 Å². The molecule has 0 saturated heterocycles. The summed E-state index contributed by atoms with van der Waals surface area (Å²) in [4.78, 5) is 24.1. The fraction of sp³-hybridized carbons (Fsp3) is 0.273. The van der Waals surface area contributed by atoms with E-state index in [2.05, 4.69) is 21.2 Å². The number of nitrogens with zero attached hydrogens (tertiary/aromatic N) is 1. The van der Waals surface area contributed by atoms with Gasteiger partial charge in [-0.1, -0.05) is 12.1 Å². The molecular weight excluding hydrogens is 321 g/mol. The van der Waals surface area contributed by atoms with Gasteiger partial charge in [-0.3, -0.25) is 9.59 Å². The summed E-state index contributed by atoms with van der Waals surface area (Å²) >= 11 is 3.32. The lowest BCUT2D eigenvalue weighted by molar-refractivity contribution is -0.132. The highest BCUT2D eigenvalue weighted by Gasteiger charge is 2.11. The van der Waals surface area contributed by atoms with E-state index < -0.39 is 0 Å². The highest BCUT2D eigenvalue weighted by atomic mass is 79.9. The van der Waals surface area contributed by atoms with E-state index in [-0.39, 0.29) is 37.3 Å². The van der Waals surface area contributed by atoms with Crippen LogP contribution in [0.2, 0.25) is 0 Å². The second-order valence-electron chi connectivity index (χ2n) is 3.48. The second kappa shape index (κ2) is 8.07. The number of nitrogens with one attached hydrogen (secondary N) is 1. The molecule has 3 N–H and O–H groups in total. The number of hydrogen-bond donors (Lipinski definition) is 2. The standard InChI is InChI=1S/C11H14BrN3O2.ClH/c1-15(11(17)6-13)7-10(16)14-9-5-3-2-4-8(9)12;/h2-5H,6-7,13H2,1H3,(H,14,16);1H. The third-order valence-electron chi connectivity index (χ3n) is 2.13. The van der Waals surface area contributed by atoms with Gasteiger partial charge in [0.05, 0.1) is 18.8 Å². The molecule has 0 aliphatic rings. The predicted molar refractivity (Wildman–Crippen MR) is 76.7 cm³/mol. The summed E-state index contributed by atoms with van der Waals surface area (Å²) < 4.78 is 0.793. The number of anilines is 1. The molecule has 0 spiro atoms. The monoisotopic (exact) mass is 335 g/mol. The number of likely N-dealkylation sites (N-methyl/N-ethyl adjacent to an activating group) is 1. The van der Waals surface area contributed by atoms with Crippen LogP contribution in [0.25, 0.3) is 0 Å². The number of carbonyl (C=O) groups is 2. The van der Waals surface area contributed by atoms with Crippen LogP contribution >= 0.6 is 28.3 Å². The van der Waals surface area contributed by atoms with E-state index in [0.29, 0.717) is 5.69 Å². The fourth-order valence-electron chi connectivity index (χ4n) is 1.21. The molecule has 18 heavy (non-hydrogen) atoms. The summed E-state index contributed by atoms with van der Waals surface area (Å²) in [5.41, 5.74) is 5.87. The molecule has 0 bridgehead atoms. The number of carbonyl (C=O) groups excluding carboxylic acids is 2. The van der Waals surface area contributed by atoms with Crippen molar-refractivity contribution in [2.24, 2.45) is 5.73 Å². The van der Waals surface area contributed by atoms with Crippen LogP contribution < -0.4 is 11.1 Å². The Balaban J connectivity index is 0.00000289. The van der Waals surface area contributed by atoms with Gasteiger partial charge in [0.1, 0.15) is 0 Å². The number of para-hydroxylation sites is 1. The van der Waals surface area contributed by atoms with E-state index in [1.807, 2.05) is 18.2 Å². The maximum atomic E-state index is 11.6. The smallest absolute Gasteiger partial charge is 0.244 e. The maximum absolute atomic E-state index is 11.6. The molecule has 0 radical (unpaired) electrons. The lowest BCUT2D eigenvalue weighted by Crippen LogP contribution is -2.38. The second-order valence-corrected chi connectivity index (χ2v) is 4.34. The van der Waals surface area contributed by atoms with Crippen LogP contribution in [0, 0.1) is 0 Å². The molecule has 0 heterocycles. The highest BCUT2D eigenvalue weighted by Crippen LogP contribution is 2.20. The van der Waals surface area contributed by atoms with Gasteiger partial charge in [0, 0.05) is 11.5 Å². The zero-order valence-corrected chi connectivity index (χ0v) is 12.3. The van der Waals surface area contributed by atoms with E-state index in [4.69, 9.17) is 5.73 Å². The normalized spacial score (nSPS) is 9.28. The Morgan fingerprint density at radius 1 is 1.39 bits per heavy atom. The number of hydrogen-bond acceptors (Lipinski definition) is 3. The van der Waals surface area contributed by atoms with E-state index in [9.17, 15) is 9.59 Å². The first-order chi connectivity index (χ1) is 8.04. The van der Waals surface area contributed by atoms with Gasteiger partial charge in [-0.05, 0) is 28.1 Å². The van der Waals surface area contributed by atoms with Gasteiger partial charge in [-0.2, -0.15) is 0 Å². The van der Waals surface area contributed by atoms with Gasteiger partial charge in [0.25, 0.3) is 0 Å². The van der Waals surface area contributed by atoms with Crippen molar-refractivity contribution in [2.75, 3.05) is 25.5 Å². The van der Waals surface area contributed by atoms with Crippen LogP contribution in [0.5, 0.6) is 0 Å². The average molecular weight is 337 g/mol. The average Bonchev–Trinajstić information content (AvgIpc) is 2.31. The van der Waals surface area contributed by atoms with Gasteiger partial charge in [-0.15, -0.1) is 12.4 Å². The summed E-state index contributed by atoms with van der Waals surface area (Å²) in [7, 11) is 1.54. The number of halogens is 2. The molecular formula is C11H15BrClN3O2. The Morgan fingerprint density at radius 3 is 2.56 bits per heavy atom. The molecule has 0 aliphatic carbocycles. The van der Waals surface area contributed by atoms with Crippen molar-refractivity contribution < 1.29 is 9.59 Å². The molecule has 1 rings (SSSR count). The largest absolute Gasteiger partial charge is 0.335 e. The molecule has 7 heteroatoms. The minimum absolute atomic E-state index is 0. The summed E-state index contributed by atoms with van der Waals surface area (Å²) in [5, 5.41) is 2.70. The molecule has 2 amide bonds. The Morgan fingerprint density at radius 2 is 2.00 bits per heavy atom. The zero-order chi connectivity index (χ0) is 12.8. The molecule has 1 aromatic rings. The number of rotatable bonds is 4. The number of benzene rings is 1. The lowest BCUT2D eigenvalue weighted by atomic mass is 10.3. The minimum Gasteiger partial charge on any atom is -0.335 e. The number of amides is 2. The van der Waals surface area contributed by atoms with Crippen LogP contribution in [0.3, 0.4) is 0 Å². The molecule has 100 valence electrons. The maximum Gasteiger partial charge on any atom is 0.244 e. The molecule has 5 nitrogen and oxygen atoms in total. The van der Waals surface area contributed by atoms with Crippen molar-refractivity contribution in [2.45, 2.75) is 0 Å². The molecule has 0 aliphatic heterocycles. The SMILES string of the molecule is CN(CC(=O)Nc1ccccc1Br)C(=O)CN.Cl. The van der Waals surface area contributed by atoms with Crippen molar-refractivity contribution >= 4 is 45.8 Å².